The molecule has 0 aliphatic carbocycles. The van der Waals surface area contributed by atoms with Crippen LogP contribution in [0.3, 0.4) is 0 Å². The first-order chi connectivity index (χ1) is 10.1. The number of carbonyl (C=O) groups excluding carboxylic acids is 1. The number of hydrogen-bond donors (Lipinski definition) is 3. The van der Waals surface area contributed by atoms with Gasteiger partial charge in [-0.2, -0.15) is 0 Å². The van der Waals surface area contributed by atoms with E-state index in [0.717, 1.165) is 0 Å². The molecule has 1 aromatic carbocycles. The second kappa shape index (κ2) is 6.55. The molecule has 0 saturated carbocycles. The van der Waals surface area contributed by atoms with Crippen LogP contribution in [0.5, 0.6) is 0 Å². The number of carbonyl (C=O) groups is 2. The summed E-state index contributed by atoms with van der Waals surface area (Å²) in [7, 11) is 1.58. The number of urea groups is 1. The standard InChI is InChI=1S/C14H18N2O5/c1-20-14(6-7-21-9-14)8-15-13(19)16-11-5-3-2-4-10(11)12(17)18/h2-5H,6-9H2,1H3,(H,17,18)(H2,15,16,19). The van der Waals surface area contributed by atoms with Crippen molar-refractivity contribution in [3.63, 3.8) is 0 Å². The molecule has 114 valence electrons. The maximum Gasteiger partial charge on any atom is 0.337 e. The monoisotopic (exact) mass is 294 g/mol. The summed E-state index contributed by atoms with van der Waals surface area (Å²) >= 11 is 0. The molecule has 1 atom stereocenters. The molecule has 1 aliphatic rings. The van der Waals surface area contributed by atoms with Crippen LogP contribution in [0.4, 0.5) is 10.5 Å². The molecule has 1 aromatic rings. The maximum absolute atomic E-state index is 11.9. The van der Waals surface area contributed by atoms with Gasteiger partial charge in [0.05, 0.1) is 24.4 Å². The molecule has 0 radical (unpaired) electrons. The molecule has 7 heteroatoms. The summed E-state index contributed by atoms with van der Waals surface area (Å²) in [6.45, 7) is 1.32. The Bertz CT molecular complexity index is 526. The molecule has 3 N–H and O–H groups in total. The van der Waals surface area contributed by atoms with Crippen LogP contribution < -0.4 is 10.6 Å². The minimum absolute atomic E-state index is 0.0401. The normalized spacial score (nSPS) is 21.0. The zero-order valence-corrected chi connectivity index (χ0v) is 11.7. The van der Waals surface area contributed by atoms with Crippen molar-refractivity contribution in [1.82, 2.24) is 5.32 Å². The molecule has 1 fully saturated rings. The molecule has 1 aliphatic heterocycles. The number of anilines is 1. The Hall–Kier alpha value is -2.12. The van der Waals surface area contributed by atoms with E-state index in [0.29, 0.717) is 26.2 Å². The average molecular weight is 294 g/mol. The summed E-state index contributed by atoms with van der Waals surface area (Å²) < 4.78 is 10.7. The number of para-hydroxylation sites is 1. The van der Waals surface area contributed by atoms with E-state index in [1.165, 1.54) is 12.1 Å². The summed E-state index contributed by atoms with van der Waals surface area (Å²) in [4.78, 5) is 22.9. The van der Waals surface area contributed by atoms with Crippen molar-refractivity contribution in [2.75, 3.05) is 32.2 Å². The highest BCUT2D eigenvalue weighted by Gasteiger charge is 2.35. The fraction of sp³-hybridized carbons (Fsp3) is 0.429. The third-order valence-corrected chi connectivity index (χ3v) is 3.48. The number of rotatable bonds is 5. The van der Waals surface area contributed by atoms with E-state index in [1.807, 2.05) is 0 Å². The topological polar surface area (TPSA) is 96.9 Å². The Balaban J connectivity index is 1.95. The predicted molar refractivity (Wildman–Crippen MR) is 75.6 cm³/mol. The SMILES string of the molecule is COC1(CNC(=O)Nc2ccccc2C(=O)O)CCOC1. The molecule has 21 heavy (non-hydrogen) atoms. The number of ether oxygens (including phenoxy) is 2. The molecular formula is C14H18N2O5. The van der Waals surface area contributed by atoms with Gasteiger partial charge in [-0.25, -0.2) is 9.59 Å². The van der Waals surface area contributed by atoms with Gasteiger partial charge < -0.3 is 25.2 Å². The summed E-state index contributed by atoms with van der Waals surface area (Å²) in [5.41, 5.74) is -0.223. The Labute approximate surface area is 122 Å². The summed E-state index contributed by atoms with van der Waals surface area (Å²) in [5, 5.41) is 14.3. The Morgan fingerprint density at radius 2 is 2.19 bits per heavy atom. The number of methoxy groups -OCH3 is 1. The van der Waals surface area contributed by atoms with E-state index in [-0.39, 0.29) is 11.3 Å². The highest BCUT2D eigenvalue weighted by molar-refractivity contribution is 5.99. The van der Waals surface area contributed by atoms with E-state index >= 15 is 0 Å². The van der Waals surface area contributed by atoms with E-state index in [1.54, 1.807) is 19.2 Å². The number of carboxylic acids is 1. The zero-order valence-electron chi connectivity index (χ0n) is 11.7. The zero-order chi connectivity index (χ0) is 15.3. The Morgan fingerprint density at radius 3 is 2.81 bits per heavy atom. The van der Waals surface area contributed by atoms with Gasteiger partial charge in [0.15, 0.2) is 0 Å². The Morgan fingerprint density at radius 1 is 1.43 bits per heavy atom. The van der Waals surface area contributed by atoms with Crippen molar-refractivity contribution in [2.45, 2.75) is 12.0 Å². The molecule has 1 saturated heterocycles. The van der Waals surface area contributed by atoms with Gasteiger partial charge in [-0.3, -0.25) is 0 Å². The second-order valence-corrected chi connectivity index (χ2v) is 4.85. The Kier molecular flexibility index (Phi) is 4.77. The average Bonchev–Trinajstić information content (AvgIpc) is 2.95. The van der Waals surface area contributed by atoms with Gasteiger partial charge in [0.1, 0.15) is 5.60 Å². The van der Waals surface area contributed by atoms with Crippen molar-refractivity contribution in [1.29, 1.82) is 0 Å². The molecule has 2 amide bonds. The lowest BCUT2D eigenvalue weighted by Crippen LogP contribution is -2.46. The summed E-state index contributed by atoms with van der Waals surface area (Å²) in [5.74, 6) is -1.09. The summed E-state index contributed by atoms with van der Waals surface area (Å²) in [6, 6.07) is 5.74. The number of nitrogens with one attached hydrogen (secondary N) is 2. The van der Waals surface area contributed by atoms with Crippen molar-refractivity contribution in [3.05, 3.63) is 29.8 Å². The molecular weight excluding hydrogens is 276 g/mol. The van der Waals surface area contributed by atoms with Gasteiger partial charge in [0, 0.05) is 20.1 Å². The van der Waals surface area contributed by atoms with Crippen molar-refractivity contribution >= 4 is 17.7 Å². The van der Waals surface area contributed by atoms with Crippen molar-refractivity contribution in [3.8, 4) is 0 Å². The third kappa shape index (κ3) is 3.71. The van der Waals surface area contributed by atoms with Gasteiger partial charge in [0.25, 0.3) is 0 Å². The first-order valence-corrected chi connectivity index (χ1v) is 6.56. The number of aromatic carboxylic acids is 1. The number of amides is 2. The van der Waals surface area contributed by atoms with Crippen LogP contribution in [0.25, 0.3) is 0 Å². The number of hydrogen-bond acceptors (Lipinski definition) is 4. The minimum Gasteiger partial charge on any atom is -0.478 e. The van der Waals surface area contributed by atoms with Crippen LogP contribution in [0.2, 0.25) is 0 Å². The van der Waals surface area contributed by atoms with Crippen LogP contribution in [0, 0.1) is 0 Å². The number of benzene rings is 1. The lowest BCUT2D eigenvalue weighted by molar-refractivity contribution is -0.0135. The fourth-order valence-corrected chi connectivity index (χ4v) is 2.15. The molecule has 7 nitrogen and oxygen atoms in total. The van der Waals surface area contributed by atoms with Crippen LogP contribution in [-0.2, 0) is 9.47 Å². The van der Waals surface area contributed by atoms with Crippen LogP contribution in [0.15, 0.2) is 24.3 Å². The van der Waals surface area contributed by atoms with E-state index in [4.69, 9.17) is 14.6 Å². The second-order valence-electron chi connectivity index (χ2n) is 4.85. The van der Waals surface area contributed by atoms with Gasteiger partial charge in [-0.15, -0.1) is 0 Å². The van der Waals surface area contributed by atoms with Crippen molar-refractivity contribution < 1.29 is 24.2 Å². The highest BCUT2D eigenvalue weighted by atomic mass is 16.5. The quantitative estimate of drug-likeness (QED) is 0.761. The third-order valence-electron chi connectivity index (χ3n) is 3.48. The molecule has 0 bridgehead atoms. The van der Waals surface area contributed by atoms with Crippen LogP contribution in [-0.4, -0.2) is 49.6 Å². The molecule has 0 spiro atoms. The molecule has 2 rings (SSSR count). The first kappa shape index (κ1) is 15.3. The van der Waals surface area contributed by atoms with Gasteiger partial charge in [0.2, 0.25) is 0 Å². The fourth-order valence-electron chi connectivity index (χ4n) is 2.15. The summed E-state index contributed by atoms with van der Waals surface area (Å²) in [6.07, 6.45) is 0.704. The molecule has 1 heterocycles. The number of carboxylic acid groups (broad SMARTS) is 1. The maximum atomic E-state index is 11.9. The van der Waals surface area contributed by atoms with Gasteiger partial charge >= 0.3 is 12.0 Å². The van der Waals surface area contributed by atoms with E-state index in [9.17, 15) is 9.59 Å². The van der Waals surface area contributed by atoms with Gasteiger partial charge in [-0.05, 0) is 12.1 Å². The molecule has 1 unspecified atom stereocenters. The minimum atomic E-state index is -1.09. The van der Waals surface area contributed by atoms with Crippen LogP contribution in [0.1, 0.15) is 16.8 Å². The van der Waals surface area contributed by atoms with Crippen LogP contribution >= 0.6 is 0 Å². The first-order valence-electron chi connectivity index (χ1n) is 6.56. The highest BCUT2D eigenvalue weighted by Crippen LogP contribution is 2.21. The lowest BCUT2D eigenvalue weighted by atomic mass is 10.0. The van der Waals surface area contributed by atoms with E-state index < -0.39 is 17.6 Å². The lowest BCUT2D eigenvalue weighted by Gasteiger charge is -2.25. The van der Waals surface area contributed by atoms with E-state index in [2.05, 4.69) is 10.6 Å². The van der Waals surface area contributed by atoms with Gasteiger partial charge in [-0.1, -0.05) is 12.1 Å². The predicted octanol–water partition coefficient (Wildman–Crippen LogP) is 1.31. The van der Waals surface area contributed by atoms with Crippen molar-refractivity contribution in [2.24, 2.45) is 0 Å². The smallest absolute Gasteiger partial charge is 0.337 e. The molecule has 0 aromatic heterocycles. The largest absolute Gasteiger partial charge is 0.478 e.